The van der Waals surface area contributed by atoms with Gasteiger partial charge in [0, 0.05) is 17.0 Å². The third kappa shape index (κ3) is 1.55. The lowest BCUT2D eigenvalue weighted by molar-refractivity contribution is 0.403. The van der Waals surface area contributed by atoms with Crippen LogP contribution in [-0.2, 0) is 5.41 Å². The molecule has 0 aromatic heterocycles. The maximum absolute atomic E-state index is 10.0. The van der Waals surface area contributed by atoms with Gasteiger partial charge < -0.3 is 15.6 Å². The van der Waals surface area contributed by atoms with Gasteiger partial charge in [-0.05, 0) is 44.4 Å². The van der Waals surface area contributed by atoms with E-state index in [-0.39, 0.29) is 11.5 Å². The molecule has 3 heteroatoms. The Labute approximate surface area is 96.2 Å². The molecule has 0 spiro atoms. The van der Waals surface area contributed by atoms with Gasteiger partial charge in [0.25, 0.3) is 0 Å². The zero-order chi connectivity index (χ0) is 11.9. The van der Waals surface area contributed by atoms with E-state index in [0.717, 1.165) is 29.7 Å². The van der Waals surface area contributed by atoms with Crippen molar-refractivity contribution >= 4 is 0 Å². The number of methoxy groups -OCH3 is 1. The highest BCUT2D eigenvalue weighted by atomic mass is 16.5. The van der Waals surface area contributed by atoms with Crippen molar-refractivity contribution in [3.8, 4) is 11.5 Å². The van der Waals surface area contributed by atoms with Crippen LogP contribution >= 0.6 is 0 Å². The molecule has 0 heterocycles. The predicted molar refractivity (Wildman–Crippen MR) is 64.0 cm³/mol. The summed E-state index contributed by atoms with van der Waals surface area (Å²) in [6, 6.07) is 3.75. The van der Waals surface area contributed by atoms with E-state index >= 15 is 0 Å². The Morgan fingerprint density at radius 2 is 2.06 bits per heavy atom. The van der Waals surface area contributed by atoms with Crippen molar-refractivity contribution in [1.82, 2.24) is 0 Å². The second kappa shape index (κ2) is 3.67. The van der Waals surface area contributed by atoms with E-state index in [9.17, 15) is 5.11 Å². The molecule has 0 aliphatic heterocycles. The SMILES string of the molecule is COc1cc(C2(C(C)N)CC2)c(O)cc1C. The fourth-order valence-corrected chi connectivity index (χ4v) is 2.40. The number of hydrogen-bond acceptors (Lipinski definition) is 3. The third-order valence-corrected chi connectivity index (χ3v) is 3.71. The maximum atomic E-state index is 10.0. The number of aryl methyl sites for hydroxylation is 1. The van der Waals surface area contributed by atoms with Gasteiger partial charge in [-0.15, -0.1) is 0 Å². The summed E-state index contributed by atoms with van der Waals surface area (Å²) in [7, 11) is 1.65. The van der Waals surface area contributed by atoms with Crippen LogP contribution in [0.15, 0.2) is 12.1 Å². The molecule has 1 aliphatic rings. The van der Waals surface area contributed by atoms with Gasteiger partial charge in [-0.25, -0.2) is 0 Å². The monoisotopic (exact) mass is 221 g/mol. The molecule has 3 N–H and O–H groups in total. The number of ether oxygens (including phenoxy) is 1. The Balaban J connectivity index is 2.49. The van der Waals surface area contributed by atoms with Crippen LogP contribution in [0.1, 0.15) is 30.9 Å². The lowest BCUT2D eigenvalue weighted by Gasteiger charge is -2.22. The lowest BCUT2D eigenvalue weighted by atomic mass is 9.88. The first kappa shape index (κ1) is 11.3. The van der Waals surface area contributed by atoms with Crippen molar-refractivity contribution in [2.24, 2.45) is 5.73 Å². The molecule has 0 amide bonds. The molecule has 0 saturated heterocycles. The second-order valence-electron chi connectivity index (χ2n) is 4.78. The second-order valence-corrected chi connectivity index (χ2v) is 4.78. The summed E-state index contributed by atoms with van der Waals surface area (Å²) >= 11 is 0. The summed E-state index contributed by atoms with van der Waals surface area (Å²) in [5, 5.41) is 10.0. The highest BCUT2D eigenvalue weighted by molar-refractivity contribution is 5.51. The van der Waals surface area contributed by atoms with E-state index < -0.39 is 0 Å². The molecule has 0 bridgehead atoms. The molecular formula is C13H19NO2. The maximum Gasteiger partial charge on any atom is 0.122 e. The van der Waals surface area contributed by atoms with Gasteiger partial charge in [-0.2, -0.15) is 0 Å². The van der Waals surface area contributed by atoms with E-state index in [1.165, 1.54) is 0 Å². The zero-order valence-electron chi connectivity index (χ0n) is 10.1. The first-order valence-corrected chi connectivity index (χ1v) is 5.65. The molecule has 1 fully saturated rings. The molecule has 1 aromatic carbocycles. The van der Waals surface area contributed by atoms with E-state index in [2.05, 4.69) is 0 Å². The summed E-state index contributed by atoms with van der Waals surface area (Å²) in [5.41, 5.74) is 7.86. The summed E-state index contributed by atoms with van der Waals surface area (Å²) in [6.07, 6.45) is 2.09. The normalized spacial score (nSPS) is 19.2. The topological polar surface area (TPSA) is 55.5 Å². The van der Waals surface area contributed by atoms with Gasteiger partial charge in [0.2, 0.25) is 0 Å². The van der Waals surface area contributed by atoms with Crippen LogP contribution in [0, 0.1) is 6.92 Å². The van der Waals surface area contributed by atoms with Crippen LogP contribution in [0.2, 0.25) is 0 Å². The van der Waals surface area contributed by atoms with E-state index in [0.29, 0.717) is 5.75 Å². The van der Waals surface area contributed by atoms with Crippen molar-refractivity contribution in [3.05, 3.63) is 23.3 Å². The van der Waals surface area contributed by atoms with Crippen LogP contribution in [0.5, 0.6) is 11.5 Å². The molecule has 2 rings (SSSR count). The number of hydrogen-bond donors (Lipinski definition) is 2. The highest BCUT2D eigenvalue weighted by Crippen LogP contribution is 2.54. The van der Waals surface area contributed by atoms with Gasteiger partial charge in [0.1, 0.15) is 11.5 Å². The zero-order valence-corrected chi connectivity index (χ0v) is 10.1. The minimum Gasteiger partial charge on any atom is -0.508 e. The predicted octanol–water partition coefficient (Wildman–Crippen LogP) is 2.09. The van der Waals surface area contributed by atoms with Crippen LogP contribution in [0.4, 0.5) is 0 Å². The average molecular weight is 221 g/mol. The fraction of sp³-hybridized carbons (Fsp3) is 0.538. The number of aromatic hydroxyl groups is 1. The van der Waals surface area contributed by atoms with Crippen LogP contribution in [0.25, 0.3) is 0 Å². The van der Waals surface area contributed by atoms with E-state index in [1.54, 1.807) is 13.2 Å². The molecular weight excluding hydrogens is 202 g/mol. The molecule has 3 nitrogen and oxygen atoms in total. The van der Waals surface area contributed by atoms with Gasteiger partial charge in [-0.3, -0.25) is 0 Å². The summed E-state index contributed by atoms with van der Waals surface area (Å²) in [4.78, 5) is 0. The molecule has 16 heavy (non-hydrogen) atoms. The Kier molecular flexibility index (Phi) is 2.58. The van der Waals surface area contributed by atoms with Crippen LogP contribution in [-0.4, -0.2) is 18.3 Å². The fourth-order valence-electron chi connectivity index (χ4n) is 2.40. The Hall–Kier alpha value is -1.22. The molecule has 1 aliphatic carbocycles. The van der Waals surface area contributed by atoms with Crippen LogP contribution in [0.3, 0.4) is 0 Å². The van der Waals surface area contributed by atoms with Crippen LogP contribution < -0.4 is 10.5 Å². The van der Waals surface area contributed by atoms with Gasteiger partial charge in [0.15, 0.2) is 0 Å². The third-order valence-electron chi connectivity index (χ3n) is 3.71. The molecule has 1 atom stereocenters. The quantitative estimate of drug-likeness (QED) is 0.821. The van der Waals surface area contributed by atoms with E-state index in [1.807, 2.05) is 19.9 Å². The van der Waals surface area contributed by atoms with Crippen molar-refractivity contribution < 1.29 is 9.84 Å². The molecule has 1 saturated carbocycles. The largest absolute Gasteiger partial charge is 0.508 e. The Morgan fingerprint density at radius 1 is 1.44 bits per heavy atom. The Morgan fingerprint density at radius 3 is 2.50 bits per heavy atom. The number of rotatable bonds is 3. The minimum atomic E-state index is -0.0366. The number of nitrogens with two attached hydrogens (primary N) is 1. The molecule has 1 aromatic rings. The number of phenols is 1. The standard InChI is InChI=1S/C13H19NO2/c1-8-6-11(15)10(7-12(8)16-3)13(4-5-13)9(2)14/h6-7,9,15H,4-5,14H2,1-3H3. The van der Waals surface area contributed by atoms with Gasteiger partial charge in [-0.1, -0.05) is 0 Å². The smallest absolute Gasteiger partial charge is 0.122 e. The lowest BCUT2D eigenvalue weighted by Crippen LogP contribution is -2.31. The first-order chi connectivity index (χ1) is 7.51. The molecule has 0 radical (unpaired) electrons. The van der Waals surface area contributed by atoms with E-state index in [4.69, 9.17) is 10.5 Å². The summed E-state index contributed by atoms with van der Waals surface area (Å²) in [6.45, 7) is 3.92. The Bertz CT molecular complexity index is 409. The van der Waals surface area contributed by atoms with Crippen molar-refractivity contribution in [2.75, 3.05) is 7.11 Å². The van der Waals surface area contributed by atoms with Gasteiger partial charge >= 0.3 is 0 Å². The number of benzene rings is 1. The summed E-state index contributed by atoms with van der Waals surface area (Å²) < 4.78 is 5.29. The minimum absolute atomic E-state index is 0.0366. The molecule has 1 unspecified atom stereocenters. The van der Waals surface area contributed by atoms with Crippen molar-refractivity contribution in [2.45, 2.75) is 38.1 Å². The van der Waals surface area contributed by atoms with Crippen molar-refractivity contribution in [3.63, 3.8) is 0 Å². The highest BCUT2D eigenvalue weighted by Gasteiger charge is 2.49. The summed E-state index contributed by atoms with van der Waals surface area (Å²) in [5.74, 6) is 1.16. The van der Waals surface area contributed by atoms with Gasteiger partial charge in [0.05, 0.1) is 7.11 Å². The first-order valence-electron chi connectivity index (χ1n) is 5.65. The number of phenolic OH excluding ortho intramolecular Hbond substituents is 1. The molecule has 88 valence electrons. The average Bonchev–Trinajstić information content (AvgIpc) is 2.99. The van der Waals surface area contributed by atoms with Crippen molar-refractivity contribution in [1.29, 1.82) is 0 Å².